The van der Waals surface area contributed by atoms with Crippen LogP contribution >= 0.6 is 0 Å². The van der Waals surface area contributed by atoms with Crippen molar-refractivity contribution in [3.05, 3.63) is 70.9 Å². The first-order valence-corrected chi connectivity index (χ1v) is 9.97. The summed E-state index contributed by atoms with van der Waals surface area (Å²) >= 11 is 0. The molecule has 21 heavy (non-hydrogen) atoms. The molecule has 0 amide bonds. The molecule has 106 valence electrons. The van der Waals surface area contributed by atoms with E-state index in [0.717, 1.165) is 6.42 Å². The van der Waals surface area contributed by atoms with Gasteiger partial charge >= 0.3 is 0 Å². The Morgan fingerprint density at radius 3 is 2.52 bits per heavy atom. The predicted molar refractivity (Wildman–Crippen MR) is 90.1 cm³/mol. The molecule has 0 saturated heterocycles. The van der Waals surface area contributed by atoms with E-state index in [2.05, 4.69) is 74.3 Å². The minimum absolute atomic E-state index is 0. The van der Waals surface area contributed by atoms with Gasteiger partial charge in [0.05, 0.1) is 0 Å². The van der Waals surface area contributed by atoms with Gasteiger partial charge in [-0.2, -0.15) is 11.1 Å². The van der Waals surface area contributed by atoms with E-state index in [1.807, 2.05) is 0 Å². The van der Waals surface area contributed by atoms with Gasteiger partial charge in [0, 0.05) is 25.8 Å². The Bertz CT molecular complexity index is 622. The Morgan fingerprint density at radius 2 is 1.86 bits per heavy atom. The second kappa shape index (κ2) is 7.11. The first-order chi connectivity index (χ1) is 9.66. The van der Waals surface area contributed by atoms with Crippen LogP contribution in [0, 0.1) is 17.9 Å². The summed E-state index contributed by atoms with van der Waals surface area (Å²) in [4.78, 5) is 0. The zero-order chi connectivity index (χ0) is 14.1. The third-order valence-corrected chi connectivity index (χ3v) is 5.15. The molecule has 0 spiro atoms. The normalized spacial score (nSPS) is 23.5. The quantitative estimate of drug-likeness (QED) is 0.427. The SMILES string of the molecule is CC1=[C-]C2=CC=CCC(C=[Si](C)C)C2=C1C1C=CC=C1.[Hf]. The Labute approximate surface area is 148 Å². The van der Waals surface area contributed by atoms with Crippen molar-refractivity contribution in [3.8, 4) is 0 Å². The van der Waals surface area contributed by atoms with Gasteiger partial charge in [-0.3, -0.25) is 0 Å². The maximum atomic E-state index is 3.60. The van der Waals surface area contributed by atoms with Gasteiger partial charge in [0.2, 0.25) is 0 Å². The summed E-state index contributed by atoms with van der Waals surface area (Å²) in [5.41, 5.74) is 8.24. The van der Waals surface area contributed by atoms with Crippen LogP contribution in [-0.2, 0) is 25.8 Å². The molecule has 0 fully saturated rings. The monoisotopic (exact) mass is 457 g/mol. The smallest absolute Gasteiger partial charge is 0 e. The van der Waals surface area contributed by atoms with E-state index in [9.17, 15) is 0 Å². The van der Waals surface area contributed by atoms with Crippen molar-refractivity contribution < 1.29 is 25.8 Å². The molecule has 0 radical (unpaired) electrons. The summed E-state index contributed by atoms with van der Waals surface area (Å²) in [5, 5.41) is 0. The molecular weight excluding hydrogens is 435 g/mol. The summed E-state index contributed by atoms with van der Waals surface area (Å²) in [6.07, 6.45) is 20.4. The molecule has 0 bridgehead atoms. The molecule has 0 heterocycles. The molecule has 0 nitrogen and oxygen atoms in total. The van der Waals surface area contributed by atoms with Gasteiger partial charge in [-0.05, 0) is 26.7 Å². The third kappa shape index (κ3) is 3.43. The van der Waals surface area contributed by atoms with Crippen LogP contribution in [0.5, 0.6) is 0 Å². The van der Waals surface area contributed by atoms with Crippen LogP contribution in [0.25, 0.3) is 0 Å². The van der Waals surface area contributed by atoms with Crippen LogP contribution < -0.4 is 0 Å². The molecule has 2 heteroatoms. The van der Waals surface area contributed by atoms with Crippen LogP contribution in [0.1, 0.15) is 13.3 Å². The van der Waals surface area contributed by atoms with Crippen molar-refractivity contribution in [2.75, 3.05) is 0 Å². The molecular formula is C19H21HfSi-. The van der Waals surface area contributed by atoms with E-state index in [1.54, 1.807) is 0 Å². The molecule has 3 aliphatic rings. The van der Waals surface area contributed by atoms with Crippen molar-refractivity contribution in [2.24, 2.45) is 11.8 Å². The van der Waals surface area contributed by atoms with E-state index in [-0.39, 0.29) is 34.3 Å². The van der Waals surface area contributed by atoms with Crippen molar-refractivity contribution >= 4 is 14.1 Å². The van der Waals surface area contributed by atoms with E-state index < -0.39 is 0 Å². The second-order valence-corrected chi connectivity index (χ2v) is 8.46. The Hall–Kier alpha value is -0.603. The van der Waals surface area contributed by atoms with E-state index >= 15 is 0 Å². The number of hydrogen-bond donors (Lipinski definition) is 0. The second-order valence-electron chi connectivity index (χ2n) is 5.97. The van der Waals surface area contributed by atoms with Crippen molar-refractivity contribution in [2.45, 2.75) is 26.4 Å². The van der Waals surface area contributed by atoms with Gasteiger partial charge in [0.15, 0.2) is 0 Å². The molecule has 0 N–H and O–H groups in total. The van der Waals surface area contributed by atoms with Crippen LogP contribution in [0.2, 0.25) is 13.1 Å². The fourth-order valence-electron chi connectivity index (χ4n) is 3.33. The fraction of sp³-hybridized carbons (Fsp3) is 0.316. The standard InChI is InChI=1S/C19H21Si.Hf/c1-14-12-16-10-6-7-11-17(13-20(2)3)19(16)18(14)15-8-4-5-9-15;/h4-10,13,15,17H,11H2,1-3H3;/q-1;. The van der Waals surface area contributed by atoms with Crippen LogP contribution in [0.3, 0.4) is 0 Å². The molecule has 0 aromatic carbocycles. The van der Waals surface area contributed by atoms with Crippen molar-refractivity contribution in [1.82, 2.24) is 0 Å². The molecule has 0 saturated carbocycles. The Balaban J connectivity index is 0.00000161. The number of rotatable bonds is 2. The largest absolute Gasteiger partial charge is 0.154 e. The summed E-state index contributed by atoms with van der Waals surface area (Å²) in [5.74, 6) is 1.01. The van der Waals surface area contributed by atoms with Gasteiger partial charge in [-0.15, -0.1) is 35.0 Å². The Morgan fingerprint density at radius 1 is 1.14 bits per heavy atom. The van der Waals surface area contributed by atoms with Crippen LogP contribution in [-0.4, -0.2) is 14.1 Å². The molecule has 1 atom stereocenters. The van der Waals surface area contributed by atoms with Crippen molar-refractivity contribution in [3.63, 3.8) is 0 Å². The van der Waals surface area contributed by atoms with Crippen molar-refractivity contribution in [1.29, 1.82) is 0 Å². The average Bonchev–Trinajstić information content (AvgIpc) is 2.96. The zero-order valence-corrected chi connectivity index (χ0v) is 17.6. The maximum absolute atomic E-state index is 3.60. The first kappa shape index (κ1) is 16.8. The van der Waals surface area contributed by atoms with E-state index in [0.29, 0.717) is 11.8 Å². The topological polar surface area (TPSA) is 0 Å². The molecule has 0 aromatic rings. The molecule has 0 aliphatic heterocycles. The zero-order valence-electron chi connectivity index (χ0n) is 13.0. The van der Waals surface area contributed by atoms with Crippen LogP contribution in [0.4, 0.5) is 0 Å². The van der Waals surface area contributed by atoms with Gasteiger partial charge < -0.3 is 0 Å². The number of fused-ring (bicyclic) bond motifs is 1. The number of hydrogen-bond acceptors (Lipinski definition) is 0. The summed E-state index contributed by atoms with van der Waals surface area (Å²) < 4.78 is 0. The van der Waals surface area contributed by atoms with E-state index in [4.69, 9.17) is 0 Å². The van der Waals surface area contributed by atoms with E-state index in [1.165, 1.54) is 22.3 Å². The summed E-state index contributed by atoms with van der Waals surface area (Å²) in [6, 6.07) is 0. The van der Waals surface area contributed by atoms with Gasteiger partial charge in [-0.1, -0.05) is 50.4 Å². The first-order valence-electron chi connectivity index (χ1n) is 7.39. The minimum atomic E-state index is -0.344. The fourth-order valence-corrected chi connectivity index (χ4v) is 4.44. The van der Waals surface area contributed by atoms with Gasteiger partial charge in [0.25, 0.3) is 0 Å². The maximum Gasteiger partial charge on any atom is 0 e. The predicted octanol–water partition coefficient (Wildman–Crippen LogP) is 4.43. The molecule has 0 aromatic heterocycles. The third-order valence-electron chi connectivity index (χ3n) is 4.08. The molecule has 1 unspecified atom stereocenters. The molecule has 3 aliphatic carbocycles. The van der Waals surface area contributed by atoms with Gasteiger partial charge in [0.1, 0.15) is 0 Å². The minimum Gasteiger partial charge on any atom is -0.154 e. The van der Waals surface area contributed by atoms with Crippen LogP contribution in [0.15, 0.2) is 64.8 Å². The average molecular weight is 456 g/mol. The number of allylic oxidation sites excluding steroid dienone is 12. The Kier molecular flexibility index (Phi) is 5.67. The van der Waals surface area contributed by atoms with Gasteiger partial charge in [-0.25, -0.2) is 0 Å². The molecule has 3 rings (SSSR count). The summed E-state index contributed by atoms with van der Waals surface area (Å²) in [6.45, 7) is 6.96. The summed E-state index contributed by atoms with van der Waals surface area (Å²) in [7, 11) is -0.344.